The van der Waals surface area contributed by atoms with Crippen molar-refractivity contribution in [1.82, 2.24) is 16.0 Å². The highest BCUT2D eigenvalue weighted by molar-refractivity contribution is 7.59. The summed E-state index contributed by atoms with van der Waals surface area (Å²) in [6.07, 6.45) is 2.77. The number of rotatable bonds is 16. The molecule has 0 aliphatic heterocycles. The van der Waals surface area contributed by atoms with Gasteiger partial charge in [-0.25, -0.2) is 4.39 Å². The van der Waals surface area contributed by atoms with Gasteiger partial charge in [0.1, 0.15) is 29.8 Å². The maximum Gasteiger partial charge on any atom is 0.252 e. The molecular formula is C34H40FN4O6P. The molecular weight excluding hydrogens is 610 g/mol. The Morgan fingerprint density at radius 2 is 1.54 bits per heavy atom. The van der Waals surface area contributed by atoms with Crippen LogP contribution in [0.15, 0.2) is 91.0 Å². The van der Waals surface area contributed by atoms with Crippen molar-refractivity contribution in [3.05, 3.63) is 114 Å². The van der Waals surface area contributed by atoms with Gasteiger partial charge in [-0.15, -0.1) is 0 Å². The van der Waals surface area contributed by atoms with E-state index in [1.54, 1.807) is 42.5 Å². The second kappa shape index (κ2) is 17.2. The van der Waals surface area contributed by atoms with Gasteiger partial charge in [0.2, 0.25) is 25.1 Å². The van der Waals surface area contributed by atoms with Crippen LogP contribution in [0.25, 0.3) is 6.08 Å². The molecule has 0 radical (unpaired) electrons. The van der Waals surface area contributed by atoms with Crippen molar-refractivity contribution in [1.29, 1.82) is 0 Å². The number of nitrogens with two attached hydrogens (primary N) is 1. The third-order valence-corrected chi connectivity index (χ3v) is 9.04. The zero-order chi connectivity index (χ0) is 33.7. The molecule has 46 heavy (non-hydrogen) atoms. The third kappa shape index (κ3) is 11.7. The predicted octanol–water partition coefficient (Wildman–Crippen LogP) is 4.00. The molecule has 0 spiro atoms. The van der Waals surface area contributed by atoms with E-state index in [2.05, 4.69) is 16.0 Å². The third-order valence-electron chi connectivity index (χ3n) is 7.01. The minimum atomic E-state index is -4.47. The second-order valence-electron chi connectivity index (χ2n) is 11.4. The molecule has 3 rings (SSSR count). The zero-order valence-electron chi connectivity index (χ0n) is 25.8. The van der Waals surface area contributed by atoms with Crippen LogP contribution in [0.3, 0.4) is 0 Å². The monoisotopic (exact) mass is 650 g/mol. The van der Waals surface area contributed by atoms with Gasteiger partial charge >= 0.3 is 0 Å². The summed E-state index contributed by atoms with van der Waals surface area (Å²) in [4.78, 5) is 62.6. The van der Waals surface area contributed by atoms with Crippen LogP contribution >= 0.6 is 7.37 Å². The number of amides is 4. The number of hydrogen-bond acceptors (Lipinski definition) is 5. The van der Waals surface area contributed by atoms with Crippen molar-refractivity contribution in [3.63, 3.8) is 0 Å². The second-order valence-corrected chi connectivity index (χ2v) is 13.8. The molecule has 244 valence electrons. The van der Waals surface area contributed by atoms with E-state index >= 15 is 0 Å². The van der Waals surface area contributed by atoms with E-state index < -0.39 is 60.8 Å². The molecule has 0 heterocycles. The highest BCUT2D eigenvalue weighted by atomic mass is 31.2. The zero-order valence-corrected chi connectivity index (χ0v) is 26.7. The molecule has 3 aromatic carbocycles. The normalized spacial score (nSPS) is 14.5. The molecule has 0 bridgehead atoms. The van der Waals surface area contributed by atoms with Crippen molar-refractivity contribution in [2.24, 2.45) is 11.7 Å². The molecule has 12 heteroatoms. The minimum Gasteiger partial charge on any atom is -0.368 e. The summed E-state index contributed by atoms with van der Waals surface area (Å²) in [5.41, 5.74) is 7.00. The molecule has 6 N–H and O–H groups in total. The topological polar surface area (TPSA) is 168 Å². The Kier molecular flexibility index (Phi) is 13.4. The maximum absolute atomic E-state index is 13.8. The Morgan fingerprint density at radius 1 is 0.891 bits per heavy atom. The predicted molar refractivity (Wildman–Crippen MR) is 175 cm³/mol. The molecule has 0 saturated heterocycles. The first-order valence-corrected chi connectivity index (χ1v) is 16.8. The minimum absolute atomic E-state index is 0.0567. The average Bonchev–Trinajstić information content (AvgIpc) is 3.00. The van der Waals surface area contributed by atoms with Gasteiger partial charge in [-0.05, 0) is 48.1 Å². The van der Waals surface area contributed by atoms with Crippen LogP contribution in [0, 0.1) is 11.7 Å². The van der Waals surface area contributed by atoms with Crippen LogP contribution in [0.2, 0.25) is 0 Å². The Bertz CT molecular complexity index is 1570. The van der Waals surface area contributed by atoms with Crippen LogP contribution in [-0.4, -0.2) is 52.6 Å². The van der Waals surface area contributed by atoms with Crippen molar-refractivity contribution < 1.29 is 33.0 Å². The SMILES string of the molecule is CC(C)C[C@H](NC(=O)CP(=O)(O)C(Cc1ccccc1)NC(=O)c1cccc(F)c1)C(=O)N[C@@H](C/C=C/c1ccccc1)C(N)=O. The van der Waals surface area contributed by atoms with Crippen molar-refractivity contribution in [2.75, 3.05) is 6.16 Å². The van der Waals surface area contributed by atoms with Crippen molar-refractivity contribution in [3.8, 4) is 0 Å². The molecule has 0 saturated carbocycles. The van der Waals surface area contributed by atoms with E-state index in [4.69, 9.17) is 5.73 Å². The highest BCUT2D eigenvalue weighted by Gasteiger charge is 2.36. The van der Waals surface area contributed by atoms with Crippen LogP contribution < -0.4 is 21.7 Å². The lowest BCUT2D eigenvalue weighted by atomic mass is 10.0. The summed E-state index contributed by atoms with van der Waals surface area (Å²) in [6, 6.07) is 20.6. The first-order chi connectivity index (χ1) is 21.8. The molecule has 0 aliphatic rings. The lowest BCUT2D eigenvalue weighted by Gasteiger charge is -2.26. The van der Waals surface area contributed by atoms with Gasteiger partial charge in [-0.2, -0.15) is 0 Å². The van der Waals surface area contributed by atoms with E-state index in [1.165, 1.54) is 12.1 Å². The summed E-state index contributed by atoms with van der Waals surface area (Å²) >= 11 is 0. The highest BCUT2D eigenvalue weighted by Crippen LogP contribution is 2.46. The van der Waals surface area contributed by atoms with Gasteiger partial charge in [0.05, 0.1) is 0 Å². The van der Waals surface area contributed by atoms with Gasteiger partial charge in [0.15, 0.2) is 0 Å². The van der Waals surface area contributed by atoms with Crippen LogP contribution in [0.5, 0.6) is 0 Å². The number of primary amides is 1. The van der Waals surface area contributed by atoms with E-state index in [9.17, 15) is 33.0 Å². The standard InChI is InChI=1S/C34H40FN4O6P/c1-23(2)19-29(34(43)38-28(32(36)41)18-9-15-24-11-5-3-6-12-24)37-30(40)22-46(44,45)31(20-25-13-7-4-8-14-25)39-33(42)26-16-10-17-27(35)21-26/h3-17,21,23,28-29,31H,18-20,22H2,1-2H3,(H2,36,41)(H,37,40)(H,38,43)(H,39,42)(H,44,45)/b15-9+/t28-,29-,31?/m0/s1. The lowest BCUT2D eigenvalue weighted by Crippen LogP contribution is -2.53. The van der Waals surface area contributed by atoms with Gasteiger partial charge < -0.3 is 26.6 Å². The number of halogens is 1. The van der Waals surface area contributed by atoms with Gasteiger partial charge in [0, 0.05) is 12.0 Å². The lowest BCUT2D eigenvalue weighted by molar-refractivity contribution is -0.131. The first-order valence-electron chi connectivity index (χ1n) is 14.9. The Labute approximate surface area is 268 Å². The summed E-state index contributed by atoms with van der Waals surface area (Å²) < 4.78 is 27.4. The Morgan fingerprint density at radius 3 is 2.15 bits per heavy atom. The summed E-state index contributed by atoms with van der Waals surface area (Å²) in [5, 5.41) is 7.61. The van der Waals surface area contributed by atoms with E-state index in [1.807, 2.05) is 44.2 Å². The fourth-order valence-electron chi connectivity index (χ4n) is 4.68. The van der Waals surface area contributed by atoms with E-state index in [-0.39, 0.29) is 30.7 Å². The number of hydrogen-bond donors (Lipinski definition) is 5. The van der Waals surface area contributed by atoms with Gasteiger partial charge in [-0.3, -0.25) is 23.7 Å². The molecule has 4 atom stereocenters. The molecule has 4 amide bonds. The van der Waals surface area contributed by atoms with Gasteiger partial charge in [-0.1, -0.05) is 92.7 Å². The molecule has 0 aromatic heterocycles. The number of nitrogens with one attached hydrogen (secondary N) is 3. The quantitative estimate of drug-likeness (QED) is 0.147. The maximum atomic E-state index is 13.8. The number of benzene rings is 3. The molecule has 2 unspecified atom stereocenters. The van der Waals surface area contributed by atoms with Crippen LogP contribution in [0.4, 0.5) is 4.39 Å². The van der Waals surface area contributed by atoms with E-state index in [0.29, 0.717) is 5.56 Å². The smallest absolute Gasteiger partial charge is 0.252 e. The van der Waals surface area contributed by atoms with Crippen molar-refractivity contribution in [2.45, 2.75) is 51.0 Å². The summed E-state index contributed by atoms with van der Waals surface area (Å²) in [6.45, 7) is 3.66. The molecule has 3 aromatic rings. The molecule has 0 fully saturated rings. The largest absolute Gasteiger partial charge is 0.368 e. The van der Waals surface area contributed by atoms with E-state index in [0.717, 1.165) is 17.7 Å². The first kappa shape index (κ1) is 35.9. The van der Waals surface area contributed by atoms with Crippen LogP contribution in [-0.2, 0) is 25.4 Å². The average molecular weight is 651 g/mol. The van der Waals surface area contributed by atoms with Gasteiger partial charge in [0.25, 0.3) is 5.91 Å². The van der Waals surface area contributed by atoms with Crippen LogP contribution in [0.1, 0.15) is 48.2 Å². The summed E-state index contributed by atoms with van der Waals surface area (Å²) in [5.74, 6) is -5.25. The Balaban J connectivity index is 1.73. The summed E-state index contributed by atoms with van der Waals surface area (Å²) in [7, 11) is -4.47. The Hall–Kier alpha value is -4.60. The fourth-order valence-corrected chi connectivity index (χ4v) is 6.22. The fraction of sp³-hybridized carbons (Fsp3) is 0.294. The molecule has 10 nitrogen and oxygen atoms in total. The molecule has 0 aliphatic carbocycles. The number of carbonyl (C=O) groups is 4. The number of carbonyl (C=O) groups excluding carboxylic acids is 4. The van der Waals surface area contributed by atoms with Crippen molar-refractivity contribution >= 4 is 37.1 Å².